The highest BCUT2D eigenvalue weighted by Gasteiger charge is 2.31. The van der Waals surface area contributed by atoms with Gasteiger partial charge in [-0.05, 0) is 67.5 Å². The van der Waals surface area contributed by atoms with Crippen LogP contribution in [0, 0.1) is 5.92 Å². The third kappa shape index (κ3) is 7.56. The van der Waals surface area contributed by atoms with Gasteiger partial charge in [0.05, 0.1) is 11.5 Å². The Labute approximate surface area is 135 Å². The van der Waals surface area contributed by atoms with Crippen LogP contribution in [0.15, 0.2) is 0 Å². The Morgan fingerprint density at radius 3 is 2.18 bits per heavy atom. The molecule has 0 radical (unpaired) electrons. The van der Waals surface area contributed by atoms with E-state index < -0.39 is 11.2 Å². The minimum atomic E-state index is -0.731. The summed E-state index contributed by atoms with van der Waals surface area (Å²) < 4.78 is 5.47. The Hall–Kier alpha value is -0.650. The van der Waals surface area contributed by atoms with Gasteiger partial charge >= 0.3 is 5.97 Å². The fourth-order valence-corrected chi connectivity index (χ4v) is 3.02. The Balaban J connectivity index is 2.32. The van der Waals surface area contributed by atoms with Crippen molar-refractivity contribution in [3.05, 3.63) is 0 Å². The zero-order valence-corrected chi connectivity index (χ0v) is 15.1. The molecule has 0 aromatic rings. The predicted octanol–water partition coefficient (Wildman–Crippen LogP) is 1.79. The second-order valence-electron chi connectivity index (χ2n) is 8.20. The van der Waals surface area contributed by atoms with Crippen molar-refractivity contribution in [3.63, 3.8) is 0 Å². The largest absolute Gasteiger partial charge is 0.460 e. The zero-order valence-electron chi connectivity index (χ0n) is 15.1. The number of hydrogen-bond acceptors (Lipinski definition) is 5. The Morgan fingerprint density at radius 1 is 1.18 bits per heavy atom. The van der Waals surface area contributed by atoms with Crippen LogP contribution in [-0.4, -0.2) is 60.4 Å². The standard InChI is InChI=1S/C17H34N2O3/c1-16(2,3)22-15(20)13-7-9-14(10-8-13)18-11-17(4,21)12-19(5)6/h13-14,18,21H,7-12H2,1-6H3. The Morgan fingerprint density at radius 2 is 1.73 bits per heavy atom. The van der Waals surface area contributed by atoms with Crippen LogP contribution in [0.4, 0.5) is 0 Å². The van der Waals surface area contributed by atoms with Crippen molar-refractivity contribution in [1.29, 1.82) is 0 Å². The lowest BCUT2D eigenvalue weighted by atomic mass is 9.85. The minimum absolute atomic E-state index is 0.0274. The number of hydrogen-bond donors (Lipinski definition) is 2. The molecule has 0 aromatic carbocycles. The summed E-state index contributed by atoms with van der Waals surface area (Å²) >= 11 is 0. The summed E-state index contributed by atoms with van der Waals surface area (Å²) in [6.45, 7) is 8.79. The molecule has 0 spiro atoms. The summed E-state index contributed by atoms with van der Waals surface area (Å²) in [5.74, 6) is -0.0369. The van der Waals surface area contributed by atoms with Crippen molar-refractivity contribution >= 4 is 5.97 Å². The lowest BCUT2D eigenvalue weighted by molar-refractivity contribution is -0.161. The summed E-state index contributed by atoms with van der Waals surface area (Å²) in [7, 11) is 3.92. The summed E-state index contributed by atoms with van der Waals surface area (Å²) in [6, 6.07) is 0.382. The summed E-state index contributed by atoms with van der Waals surface area (Å²) in [5.41, 5.74) is -1.14. The molecule has 130 valence electrons. The number of carbonyl (C=O) groups excluding carboxylic acids is 1. The highest BCUT2D eigenvalue weighted by molar-refractivity contribution is 5.73. The number of carbonyl (C=O) groups is 1. The molecule has 1 aliphatic carbocycles. The van der Waals surface area contributed by atoms with Gasteiger partial charge in [0.1, 0.15) is 5.60 Å². The van der Waals surface area contributed by atoms with Crippen LogP contribution in [0.3, 0.4) is 0 Å². The van der Waals surface area contributed by atoms with E-state index in [0.717, 1.165) is 25.7 Å². The molecule has 1 fully saturated rings. The quantitative estimate of drug-likeness (QED) is 0.732. The number of esters is 1. The first-order chi connectivity index (χ1) is 9.98. The predicted molar refractivity (Wildman–Crippen MR) is 88.8 cm³/mol. The van der Waals surface area contributed by atoms with Crippen molar-refractivity contribution in [1.82, 2.24) is 10.2 Å². The zero-order chi connectivity index (χ0) is 17.0. The number of rotatable bonds is 6. The second-order valence-corrected chi connectivity index (χ2v) is 8.20. The topological polar surface area (TPSA) is 61.8 Å². The molecule has 1 unspecified atom stereocenters. The first-order valence-corrected chi connectivity index (χ1v) is 8.32. The van der Waals surface area contributed by atoms with Gasteiger partial charge in [-0.25, -0.2) is 0 Å². The van der Waals surface area contributed by atoms with Crippen LogP contribution in [-0.2, 0) is 9.53 Å². The summed E-state index contributed by atoms with van der Waals surface area (Å²) in [4.78, 5) is 14.1. The lowest BCUT2D eigenvalue weighted by Crippen LogP contribution is -2.49. The maximum absolute atomic E-state index is 12.1. The average molecular weight is 314 g/mol. The van der Waals surface area contributed by atoms with Crippen molar-refractivity contribution in [2.24, 2.45) is 5.92 Å². The molecule has 5 heteroatoms. The van der Waals surface area contributed by atoms with Crippen LogP contribution >= 0.6 is 0 Å². The molecule has 1 atom stereocenters. The van der Waals surface area contributed by atoms with Crippen LogP contribution in [0.1, 0.15) is 53.4 Å². The van der Waals surface area contributed by atoms with Crippen LogP contribution in [0.5, 0.6) is 0 Å². The molecule has 0 saturated heterocycles. The lowest BCUT2D eigenvalue weighted by Gasteiger charge is -2.33. The SMILES string of the molecule is CN(C)CC(C)(O)CNC1CCC(C(=O)OC(C)(C)C)CC1. The van der Waals surface area contributed by atoms with Crippen molar-refractivity contribution < 1.29 is 14.6 Å². The van der Waals surface area contributed by atoms with Crippen molar-refractivity contribution in [3.8, 4) is 0 Å². The van der Waals surface area contributed by atoms with Gasteiger partial charge < -0.3 is 20.1 Å². The molecule has 22 heavy (non-hydrogen) atoms. The molecule has 0 aromatic heterocycles. The number of likely N-dealkylation sites (N-methyl/N-ethyl adjacent to an activating group) is 1. The van der Waals surface area contributed by atoms with E-state index in [1.807, 2.05) is 46.7 Å². The number of aliphatic hydroxyl groups is 1. The number of ether oxygens (including phenoxy) is 1. The van der Waals surface area contributed by atoms with E-state index in [-0.39, 0.29) is 11.9 Å². The molecule has 0 heterocycles. The van der Waals surface area contributed by atoms with Crippen molar-refractivity contribution in [2.45, 2.75) is 70.6 Å². The smallest absolute Gasteiger partial charge is 0.309 e. The maximum Gasteiger partial charge on any atom is 0.309 e. The molecule has 1 rings (SSSR count). The normalized spacial score (nSPS) is 25.8. The highest BCUT2D eigenvalue weighted by atomic mass is 16.6. The third-order valence-corrected chi connectivity index (χ3v) is 3.90. The molecule has 5 nitrogen and oxygen atoms in total. The molecular formula is C17H34N2O3. The average Bonchev–Trinajstić information content (AvgIpc) is 2.33. The molecule has 0 bridgehead atoms. The van der Waals surface area contributed by atoms with Crippen molar-refractivity contribution in [2.75, 3.05) is 27.2 Å². The molecule has 0 aliphatic heterocycles. The number of nitrogens with zero attached hydrogens (tertiary/aromatic N) is 1. The van der Waals surface area contributed by atoms with Gasteiger partial charge in [-0.15, -0.1) is 0 Å². The van der Waals surface area contributed by atoms with Gasteiger partial charge in [-0.1, -0.05) is 0 Å². The second kappa shape index (κ2) is 7.75. The monoisotopic (exact) mass is 314 g/mol. The van der Waals surface area contributed by atoms with Gasteiger partial charge in [0.2, 0.25) is 0 Å². The highest BCUT2D eigenvalue weighted by Crippen LogP contribution is 2.27. The van der Waals surface area contributed by atoms with E-state index in [9.17, 15) is 9.90 Å². The van der Waals surface area contributed by atoms with Crippen LogP contribution in [0.2, 0.25) is 0 Å². The maximum atomic E-state index is 12.1. The van der Waals surface area contributed by atoms with E-state index in [1.165, 1.54) is 0 Å². The Bertz CT molecular complexity index is 353. The molecule has 0 amide bonds. The number of nitrogens with one attached hydrogen (secondary N) is 1. The van der Waals surface area contributed by atoms with Crippen LogP contribution in [0.25, 0.3) is 0 Å². The molecule has 2 N–H and O–H groups in total. The van der Waals surface area contributed by atoms with Gasteiger partial charge in [0, 0.05) is 19.1 Å². The molecule has 1 aliphatic rings. The fraction of sp³-hybridized carbons (Fsp3) is 0.941. The molecule has 1 saturated carbocycles. The van der Waals surface area contributed by atoms with Gasteiger partial charge in [0.15, 0.2) is 0 Å². The first-order valence-electron chi connectivity index (χ1n) is 8.32. The first kappa shape index (κ1) is 19.4. The van der Waals surface area contributed by atoms with Gasteiger partial charge in [-0.3, -0.25) is 4.79 Å². The van der Waals surface area contributed by atoms with E-state index in [2.05, 4.69) is 5.32 Å². The van der Waals surface area contributed by atoms with Gasteiger partial charge in [0.25, 0.3) is 0 Å². The molecular weight excluding hydrogens is 280 g/mol. The fourth-order valence-electron chi connectivity index (χ4n) is 3.02. The van der Waals surface area contributed by atoms with E-state index >= 15 is 0 Å². The Kier molecular flexibility index (Phi) is 6.84. The summed E-state index contributed by atoms with van der Waals surface area (Å²) in [6.07, 6.45) is 3.65. The third-order valence-electron chi connectivity index (χ3n) is 3.90. The van der Waals surface area contributed by atoms with Crippen LogP contribution < -0.4 is 5.32 Å². The van der Waals surface area contributed by atoms with Gasteiger partial charge in [-0.2, -0.15) is 0 Å². The minimum Gasteiger partial charge on any atom is -0.460 e. The van der Waals surface area contributed by atoms with E-state index in [1.54, 1.807) is 0 Å². The summed E-state index contributed by atoms with van der Waals surface area (Å²) in [5, 5.41) is 13.8. The van der Waals surface area contributed by atoms with E-state index in [4.69, 9.17) is 4.74 Å². The van der Waals surface area contributed by atoms with E-state index in [0.29, 0.717) is 19.1 Å².